The van der Waals surface area contributed by atoms with Crippen LogP contribution in [0, 0.1) is 21.4 Å². The summed E-state index contributed by atoms with van der Waals surface area (Å²) in [5, 5.41) is 19.8. The van der Waals surface area contributed by atoms with Crippen LogP contribution >= 0.6 is 0 Å². The summed E-state index contributed by atoms with van der Waals surface area (Å²) in [5.41, 5.74) is 0.0638. The number of nitro groups is 1. The van der Waals surface area contributed by atoms with Gasteiger partial charge in [0.15, 0.2) is 0 Å². The molecule has 1 saturated carbocycles. The Morgan fingerprint density at radius 2 is 2.00 bits per heavy atom. The van der Waals surface area contributed by atoms with Gasteiger partial charge in [0.1, 0.15) is 0 Å². The number of nitrogens with zero attached hydrogens (tertiary/aromatic N) is 2. The third-order valence-electron chi connectivity index (χ3n) is 4.84. The molecule has 1 aromatic rings. The van der Waals surface area contributed by atoms with Crippen LogP contribution in [-0.4, -0.2) is 39.9 Å². The number of likely N-dealkylation sites (tertiary alicyclic amines) is 1. The molecule has 1 unspecified atom stereocenters. The first-order valence-corrected chi connectivity index (χ1v) is 7.19. The number of hydrogen-bond donors (Lipinski definition) is 1. The Hall–Kier alpha value is -2.44. The fraction of sp³-hybridized carbons (Fsp3) is 0.467. The lowest BCUT2D eigenvalue weighted by Gasteiger charge is -2.32. The van der Waals surface area contributed by atoms with Crippen LogP contribution in [0.5, 0.6) is 0 Å². The van der Waals surface area contributed by atoms with Crippen molar-refractivity contribution < 1.29 is 19.6 Å². The lowest BCUT2D eigenvalue weighted by Crippen LogP contribution is -2.40. The summed E-state index contributed by atoms with van der Waals surface area (Å²) < 4.78 is 0. The van der Waals surface area contributed by atoms with Gasteiger partial charge < -0.3 is 10.0 Å². The molecule has 7 nitrogen and oxygen atoms in total. The number of carboxylic acids is 1. The summed E-state index contributed by atoms with van der Waals surface area (Å²) in [7, 11) is 0. The van der Waals surface area contributed by atoms with Gasteiger partial charge in [0, 0.05) is 30.8 Å². The van der Waals surface area contributed by atoms with Gasteiger partial charge in [-0.1, -0.05) is 6.07 Å². The number of benzene rings is 1. The lowest BCUT2D eigenvalue weighted by atomic mass is 9.90. The molecule has 1 spiro atoms. The molecular weight excluding hydrogens is 288 g/mol. The summed E-state index contributed by atoms with van der Waals surface area (Å²) in [4.78, 5) is 35.3. The van der Waals surface area contributed by atoms with E-state index in [1.807, 2.05) is 0 Å². The minimum absolute atomic E-state index is 0.104. The van der Waals surface area contributed by atoms with Crippen LogP contribution < -0.4 is 0 Å². The van der Waals surface area contributed by atoms with Crippen molar-refractivity contribution in [3.63, 3.8) is 0 Å². The topological polar surface area (TPSA) is 101 Å². The largest absolute Gasteiger partial charge is 0.481 e. The molecule has 0 aromatic heterocycles. The number of aliphatic carboxylic acids is 1. The second-order valence-corrected chi connectivity index (χ2v) is 6.06. The highest BCUT2D eigenvalue weighted by molar-refractivity contribution is 5.95. The standard InChI is InChI=1S/C15H16N2O5/c18-13(10-2-1-3-11(8-10)17(21)22)16-6-4-15(5-7-16)9-12(15)14(19)20/h1-3,8,12H,4-7,9H2,(H,19,20). The number of carbonyl (C=O) groups is 2. The van der Waals surface area contributed by atoms with Gasteiger partial charge >= 0.3 is 5.97 Å². The molecule has 7 heteroatoms. The molecule has 2 aliphatic rings. The predicted molar refractivity (Wildman–Crippen MR) is 76.4 cm³/mol. The van der Waals surface area contributed by atoms with Crippen LogP contribution in [0.3, 0.4) is 0 Å². The quantitative estimate of drug-likeness (QED) is 0.679. The van der Waals surface area contributed by atoms with Crippen LogP contribution in [0.1, 0.15) is 29.6 Å². The number of amides is 1. The minimum atomic E-state index is -0.751. The Morgan fingerprint density at radius 3 is 2.55 bits per heavy atom. The first kappa shape index (κ1) is 14.5. The average molecular weight is 304 g/mol. The van der Waals surface area contributed by atoms with Crippen molar-refractivity contribution in [2.45, 2.75) is 19.3 Å². The molecule has 1 saturated heterocycles. The van der Waals surface area contributed by atoms with Crippen LogP contribution in [0.15, 0.2) is 24.3 Å². The normalized spacial score (nSPS) is 22.4. The van der Waals surface area contributed by atoms with Crippen molar-refractivity contribution in [3.8, 4) is 0 Å². The van der Waals surface area contributed by atoms with E-state index in [-0.39, 0.29) is 22.9 Å². The predicted octanol–water partition coefficient (Wildman–Crippen LogP) is 1.92. The summed E-state index contributed by atoms with van der Waals surface area (Å²) >= 11 is 0. The Bertz CT molecular complexity index is 649. The molecule has 0 radical (unpaired) electrons. The first-order valence-electron chi connectivity index (χ1n) is 7.19. The zero-order valence-corrected chi connectivity index (χ0v) is 11.9. The molecule has 1 atom stereocenters. The third-order valence-corrected chi connectivity index (χ3v) is 4.84. The molecule has 116 valence electrons. The minimum Gasteiger partial charge on any atom is -0.481 e. The van der Waals surface area contributed by atoms with Crippen molar-refractivity contribution in [2.75, 3.05) is 13.1 Å². The van der Waals surface area contributed by atoms with E-state index in [9.17, 15) is 19.7 Å². The van der Waals surface area contributed by atoms with Crippen LogP contribution in [0.2, 0.25) is 0 Å². The molecular formula is C15H16N2O5. The maximum Gasteiger partial charge on any atom is 0.307 e. The number of non-ortho nitro benzene ring substituents is 1. The molecule has 1 N–H and O–H groups in total. The maximum atomic E-state index is 12.4. The molecule has 0 bridgehead atoms. The monoisotopic (exact) mass is 304 g/mol. The zero-order valence-electron chi connectivity index (χ0n) is 11.9. The van der Waals surface area contributed by atoms with Gasteiger partial charge in [0.2, 0.25) is 0 Å². The Kier molecular flexibility index (Phi) is 3.35. The van der Waals surface area contributed by atoms with E-state index < -0.39 is 10.9 Å². The van der Waals surface area contributed by atoms with Crippen LogP contribution in [0.25, 0.3) is 0 Å². The van der Waals surface area contributed by atoms with E-state index >= 15 is 0 Å². The molecule has 3 rings (SSSR count). The third kappa shape index (κ3) is 2.43. The molecule has 2 fully saturated rings. The fourth-order valence-electron chi connectivity index (χ4n) is 3.34. The second kappa shape index (κ2) is 5.08. The lowest BCUT2D eigenvalue weighted by molar-refractivity contribution is -0.384. The van der Waals surface area contributed by atoms with Gasteiger partial charge in [-0.2, -0.15) is 0 Å². The van der Waals surface area contributed by atoms with Gasteiger partial charge in [-0.3, -0.25) is 19.7 Å². The molecule has 1 aromatic carbocycles. The van der Waals surface area contributed by atoms with E-state index in [0.29, 0.717) is 37.9 Å². The fourth-order valence-corrected chi connectivity index (χ4v) is 3.34. The van der Waals surface area contributed by atoms with Gasteiger partial charge in [0.25, 0.3) is 11.6 Å². The van der Waals surface area contributed by atoms with Gasteiger partial charge in [-0.15, -0.1) is 0 Å². The molecule has 1 aliphatic heterocycles. The summed E-state index contributed by atoms with van der Waals surface area (Å²) in [6.45, 7) is 1.01. The molecule has 1 amide bonds. The Labute approximate surface area is 126 Å². The van der Waals surface area contributed by atoms with Crippen molar-refractivity contribution in [1.29, 1.82) is 0 Å². The summed E-state index contributed by atoms with van der Waals surface area (Å²) in [6.07, 6.45) is 2.07. The van der Waals surface area contributed by atoms with Crippen molar-refractivity contribution in [1.82, 2.24) is 4.90 Å². The van der Waals surface area contributed by atoms with Gasteiger partial charge in [-0.25, -0.2) is 0 Å². The number of piperidine rings is 1. The van der Waals surface area contributed by atoms with Crippen molar-refractivity contribution in [3.05, 3.63) is 39.9 Å². The van der Waals surface area contributed by atoms with E-state index in [0.717, 1.165) is 0 Å². The van der Waals surface area contributed by atoms with Crippen LogP contribution in [-0.2, 0) is 4.79 Å². The summed E-state index contributed by atoms with van der Waals surface area (Å²) in [5.74, 6) is -1.26. The van der Waals surface area contributed by atoms with E-state index in [4.69, 9.17) is 5.11 Å². The van der Waals surface area contributed by atoms with Crippen molar-refractivity contribution >= 4 is 17.6 Å². The average Bonchev–Trinajstić information content (AvgIpc) is 3.21. The Morgan fingerprint density at radius 1 is 1.32 bits per heavy atom. The van der Waals surface area contributed by atoms with Gasteiger partial charge in [0.05, 0.1) is 10.8 Å². The van der Waals surface area contributed by atoms with Crippen LogP contribution in [0.4, 0.5) is 5.69 Å². The number of carboxylic acid groups (broad SMARTS) is 1. The molecule has 1 aliphatic carbocycles. The number of carbonyl (C=O) groups excluding carboxylic acids is 1. The highest BCUT2D eigenvalue weighted by Gasteiger charge is 2.59. The highest BCUT2D eigenvalue weighted by Crippen LogP contribution is 2.59. The highest BCUT2D eigenvalue weighted by atomic mass is 16.6. The first-order chi connectivity index (χ1) is 10.4. The van der Waals surface area contributed by atoms with E-state index in [1.54, 1.807) is 11.0 Å². The zero-order chi connectivity index (χ0) is 15.9. The second-order valence-electron chi connectivity index (χ2n) is 6.06. The smallest absolute Gasteiger partial charge is 0.307 e. The number of hydrogen-bond acceptors (Lipinski definition) is 4. The van der Waals surface area contributed by atoms with Gasteiger partial charge in [-0.05, 0) is 30.7 Å². The molecule has 1 heterocycles. The summed E-state index contributed by atoms with van der Waals surface area (Å²) in [6, 6.07) is 5.70. The van der Waals surface area contributed by atoms with E-state index in [1.165, 1.54) is 18.2 Å². The SMILES string of the molecule is O=C(O)C1CC12CCN(C(=O)c1cccc([N+](=O)[O-])c1)CC2. The number of nitro benzene ring substituents is 1. The van der Waals surface area contributed by atoms with E-state index in [2.05, 4.69) is 0 Å². The number of rotatable bonds is 3. The Balaban J connectivity index is 1.67. The van der Waals surface area contributed by atoms with Crippen molar-refractivity contribution in [2.24, 2.45) is 11.3 Å². The maximum absolute atomic E-state index is 12.4. The molecule has 22 heavy (non-hydrogen) atoms.